The lowest BCUT2D eigenvalue weighted by Gasteiger charge is -2.07. The van der Waals surface area contributed by atoms with Crippen LogP contribution in [-0.4, -0.2) is 20.4 Å². The summed E-state index contributed by atoms with van der Waals surface area (Å²) in [5, 5.41) is 4.23. The van der Waals surface area contributed by atoms with Crippen molar-refractivity contribution in [3.63, 3.8) is 0 Å². The quantitative estimate of drug-likeness (QED) is 0.543. The first kappa shape index (κ1) is 18.1. The monoisotopic (exact) mass is 394 g/mol. The highest BCUT2D eigenvalue weighted by atomic mass is 32.1. The Hall–Kier alpha value is -3.26. The van der Waals surface area contributed by atoms with Crippen LogP contribution in [0, 0.1) is 6.92 Å². The minimum Gasteiger partial charge on any atom is -0.462 e. The number of nitrogens with zero attached hydrogens (tertiary/aromatic N) is 3. The van der Waals surface area contributed by atoms with E-state index in [4.69, 9.17) is 4.42 Å². The van der Waals surface area contributed by atoms with E-state index in [0.717, 1.165) is 15.6 Å². The molecule has 0 unspecified atom stereocenters. The number of furan rings is 1. The predicted molar refractivity (Wildman–Crippen MR) is 107 cm³/mol. The fourth-order valence-electron chi connectivity index (χ4n) is 2.85. The number of para-hydroxylation sites is 1. The third-order valence-electron chi connectivity index (χ3n) is 4.38. The van der Waals surface area contributed by atoms with Crippen molar-refractivity contribution in [3.05, 3.63) is 69.9 Å². The number of fused-ring (bicyclic) bond motifs is 1. The van der Waals surface area contributed by atoms with Crippen LogP contribution in [0.3, 0.4) is 0 Å². The van der Waals surface area contributed by atoms with Gasteiger partial charge in [0.15, 0.2) is 10.8 Å². The van der Waals surface area contributed by atoms with Crippen LogP contribution in [0.15, 0.2) is 58.2 Å². The summed E-state index contributed by atoms with van der Waals surface area (Å²) in [5.74, 6) is 0.585. The van der Waals surface area contributed by atoms with E-state index in [9.17, 15) is 9.59 Å². The molecule has 0 saturated carbocycles. The Morgan fingerprint density at radius 3 is 2.93 bits per heavy atom. The fraction of sp³-hybridized carbons (Fsp3) is 0.200. The summed E-state index contributed by atoms with van der Waals surface area (Å²) in [4.78, 5) is 34.4. The minimum absolute atomic E-state index is 0.132. The van der Waals surface area contributed by atoms with Gasteiger partial charge in [0.2, 0.25) is 5.91 Å². The smallest absolute Gasteiger partial charge is 0.261 e. The van der Waals surface area contributed by atoms with E-state index < -0.39 is 0 Å². The number of benzene rings is 1. The molecule has 0 spiro atoms. The highest BCUT2D eigenvalue weighted by molar-refractivity contribution is 7.15. The maximum absolute atomic E-state index is 12.5. The van der Waals surface area contributed by atoms with Crippen LogP contribution >= 0.6 is 11.3 Å². The first-order valence-electron chi connectivity index (χ1n) is 8.83. The molecule has 0 bridgehead atoms. The molecule has 0 saturated heterocycles. The molecule has 0 aliphatic rings. The molecular weight excluding hydrogens is 376 g/mol. The molecule has 7 nitrogen and oxygen atoms in total. The molecule has 4 aromatic rings. The molecule has 0 atom stereocenters. The molecule has 3 heterocycles. The van der Waals surface area contributed by atoms with Crippen molar-refractivity contribution >= 4 is 28.1 Å². The fourth-order valence-corrected chi connectivity index (χ4v) is 3.82. The number of carbonyl (C=O) groups is 1. The van der Waals surface area contributed by atoms with Crippen LogP contribution in [0.2, 0.25) is 0 Å². The maximum Gasteiger partial charge on any atom is 0.261 e. The number of amides is 1. The lowest BCUT2D eigenvalue weighted by Crippen LogP contribution is -2.27. The van der Waals surface area contributed by atoms with Gasteiger partial charge in [0.25, 0.3) is 5.56 Å². The number of hydrogen-bond donors (Lipinski definition) is 1. The Morgan fingerprint density at radius 1 is 1.25 bits per heavy atom. The van der Waals surface area contributed by atoms with Gasteiger partial charge in [-0.3, -0.25) is 14.2 Å². The van der Waals surface area contributed by atoms with Crippen molar-refractivity contribution in [1.29, 1.82) is 0 Å². The Labute approximate surface area is 164 Å². The predicted octanol–water partition coefficient (Wildman–Crippen LogP) is 3.13. The van der Waals surface area contributed by atoms with Crippen LogP contribution in [0.5, 0.6) is 0 Å². The van der Waals surface area contributed by atoms with Gasteiger partial charge in [0, 0.05) is 17.8 Å². The number of aryl methyl sites for hydroxylation is 2. The van der Waals surface area contributed by atoms with E-state index in [1.54, 1.807) is 24.5 Å². The summed E-state index contributed by atoms with van der Waals surface area (Å²) in [6.07, 6.45) is 3.29. The highest BCUT2D eigenvalue weighted by Gasteiger charge is 2.12. The minimum atomic E-state index is -0.139. The van der Waals surface area contributed by atoms with Gasteiger partial charge < -0.3 is 9.73 Å². The van der Waals surface area contributed by atoms with Gasteiger partial charge in [0.1, 0.15) is 0 Å². The third-order valence-corrected chi connectivity index (χ3v) is 5.55. The van der Waals surface area contributed by atoms with Crippen LogP contribution in [0.4, 0.5) is 0 Å². The van der Waals surface area contributed by atoms with E-state index in [-0.39, 0.29) is 24.4 Å². The van der Waals surface area contributed by atoms with E-state index in [1.807, 2.05) is 25.1 Å². The molecule has 0 aliphatic carbocycles. The van der Waals surface area contributed by atoms with Gasteiger partial charge in [-0.25, -0.2) is 9.97 Å². The Kier molecular flexibility index (Phi) is 5.03. The second-order valence-corrected chi connectivity index (χ2v) is 7.38. The molecule has 28 heavy (non-hydrogen) atoms. The van der Waals surface area contributed by atoms with Crippen molar-refractivity contribution in [2.75, 3.05) is 0 Å². The van der Waals surface area contributed by atoms with Crippen molar-refractivity contribution in [3.8, 4) is 10.8 Å². The van der Waals surface area contributed by atoms with E-state index in [2.05, 4.69) is 15.3 Å². The molecule has 3 aromatic heterocycles. The van der Waals surface area contributed by atoms with E-state index in [1.165, 1.54) is 22.2 Å². The van der Waals surface area contributed by atoms with Gasteiger partial charge in [0.05, 0.1) is 35.7 Å². The molecule has 1 N–H and O–H groups in total. The van der Waals surface area contributed by atoms with Crippen molar-refractivity contribution in [2.45, 2.75) is 26.4 Å². The zero-order valence-electron chi connectivity index (χ0n) is 15.2. The van der Waals surface area contributed by atoms with Crippen LogP contribution in [0.1, 0.15) is 17.0 Å². The zero-order valence-corrected chi connectivity index (χ0v) is 16.0. The first-order valence-corrected chi connectivity index (χ1v) is 9.64. The summed E-state index contributed by atoms with van der Waals surface area (Å²) in [7, 11) is 0. The van der Waals surface area contributed by atoms with Gasteiger partial charge in [-0.1, -0.05) is 12.1 Å². The average Bonchev–Trinajstić information content (AvgIpc) is 3.36. The van der Waals surface area contributed by atoms with Gasteiger partial charge >= 0.3 is 0 Å². The van der Waals surface area contributed by atoms with E-state index in [0.29, 0.717) is 23.2 Å². The van der Waals surface area contributed by atoms with Crippen LogP contribution < -0.4 is 10.9 Å². The molecule has 142 valence electrons. The number of aromatic nitrogens is 3. The maximum atomic E-state index is 12.5. The molecule has 4 rings (SSSR count). The summed E-state index contributed by atoms with van der Waals surface area (Å²) in [6.45, 7) is 2.58. The highest BCUT2D eigenvalue weighted by Crippen LogP contribution is 2.28. The summed E-state index contributed by atoms with van der Waals surface area (Å²) in [6, 6.07) is 10.8. The molecule has 0 aliphatic heterocycles. The normalized spacial score (nSPS) is 11.0. The molecule has 8 heteroatoms. The van der Waals surface area contributed by atoms with E-state index >= 15 is 0 Å². The van der Waals surface area contributed by atoms with Gasteiger partial charge in [-0.2, -0.15) is 0 Å². The molecule has 0 radical (unpaired) electrons. The van der Waals surface area contributed by atoms with Gasteiger partial charge in [-0.15, -0.1) is 11.3 Å². The van der Waals surface area contributed by atoms with Crippen molar-refractivity contribution in [1.82, 2.24) is 19.9 Å². The summed E-state index contributed by atoms with van der Waals surface area (Å²) in [5.41, 5.74) is 1.38. The lowest BCUT2D eigenvalue weighted by atomic mass is 10.2. The second kappa shape index (κ2) is 7.77. The zero-order chi connectivity index (χ0) is 19.5. The van der Waals surface area contributed by atoms with Crippen LogP contribution in [0.25, 0.3) is 21.7 Å². The number of carbonyl (C=O) groups excluding carboxylic acids is 1. The summed E-state index contributed by atoms with van der Waals surface area (Å²) >= 11 is 1.49. The van der Waals surface area contributed by atoms with Gasteiger partial charge in [-0.05, 0) is 31.2 Å². The van der Waals surface area contributed by atoms with Crippen molar-refractivity contribution in [2.24, 2.45) is 0 Å². The number of rotatable bonds is 6. The lowest BCUT2D eigenvalue weighted by molar-refractivity contribution is -0.121. The number of nitrogens with one attached hydrogen (secondary N) is 1. The standard InChI is InChI=1S/C20H18N4O3S/c1-13-17(28-19(23-13)16-7-4-10-27-16)11-21-18(25)8-9-24-12-22-15-6-3-2-5-14(15)20(24)26/h2-7,10,12H,8-9,11H2,1H3,(H,21,25). The third kappa shape index (κ3) is 3.72. The molecule has 0 fully saturated rings. The average molecular weight is 394 g/mol. The first-order chi connectivity index (χ1) is 13.6. The molecular formula is C20H18N4O3S. The van der Waals surface area contributed by atoms with Crippen LogP contribution in [-0.2, 0) is 17.9 Å². The summed E-state index contributed by atoms with van der Waals surface area (Å²) < 4.78 is 6.83. The Bertz CT molecular complexity index is 1180. The van der Waals surface area contributed by atoms with Crippen molar-refractivity contribution < 1.29 is 9.21 Å². The molecule has 1 aromatic carbocycles. The Morgan fingerprint density at radius 2 is 2.11 bits per heavy atom. The number of thiazole rings is 1. The number of hydrogen-bond acceptors (Lipinski definition) is 6. The SMILES string of the molecule is Cc1nc(-c2ccco2)sc1CNC(=O)CCn1cnc2ccccc2c1=O. The second-order valence-electron chi connectivity index (χ2n) is 6.29. The topological polar surface area (TPSA) is 90.0 Å². The molecule has 1 amide bonds. The largest absolute Gasteiger partial charge is 0.462 e. The Balaban J connectivity index is 1.37.